The van der Waals surface area contributed by atoms with Gasteiger partial charge in [-0.2, -0.15) is 0 Å². The number of hydrogen-bond donors (Lipinski definition) is 2. The highest BCUT2D eigenvalue weighted by atomic mass is 16.4. The van der Waals surface area contributed by atoms with E-state index in [1.54, 1.807) is 36.2 Å². The predicted octanol–water partition coefficient (Wildman–Crippen LogP) is -0.187. The number of carbonyl (C=O) groups is 2. The highest BCUT2D eigenvalue weighted by Crippen LogP contribution is 2.27. The Morgan fingerprint density at radius 2 is 2.33 bits per heavy atom. The molecule has 1 aromatic rings. The number of piperazine rings is 1. The summed E-state index contributed by atoms with van der Waals surface area (Å²) < 4.78 is 0. The lowest BCUT2D eigenvalue weighted by atomic mass is 9.94. The number of carboxylic acid groups (broad SMARTS) is 1. The fourth-order valence-electron chi connectivity index (χ4n) is 2.08. The number of nitrogens with one attached hydrogen (secondary N) is 1. The summed E-state index contributed by atoms with van der Waals surface area (Å²) in [7, 11) is 0. The van der Waals surface area contributed by atoms with Gasteiger partial charge in [-0.1, -0.05) is 6.07 Å². The van der Waals surface area contributed by atoms with Crippen LogP contribution in [0.15, 0.2) is 24.4 Å². The lowest BCUT2D eigenvalue weighted by molar-refractivity contribution is -0.153. The van der Waals surface area contributed by atoms with Gasteiger partial charge in [-0.3, -0.25) is 14.7 Å². The third-order valence-corrected chi connectivity index (χ3v) is 3.25. The Kier molecular flexibility index (Phi) is 3.29. The zero-order valence-corrected chi connectivity index (χ0v) is 10.1. The zero-order valence-electron chi connectivity index (χ0n) is 10.1. The van der Waals surface area contributed by atoms with E-state index in [2.05, 4.69) is 10.3 Å². The molecule has 96 valence electrons. The van der Waals surface area contributed by atoms with Gasteiger partial charge in [0.05, 0.1) is 12.2 Å². The van der Waals surface area contributed by atoms with E-state index in [1.165, 1.54) is 0 Å². The molecule has 1 atom stereocenters. The Morgan fingerprint density at radius 1 is 1.56 bits per heavy atom. The molecule has 0 radical (unpaired) electrons. The molecule has 0 spiro atoms. The smallest absolute Gasteiger partial charge is 0.330 e. The third kappa shape index (κ3) is 2.06. The molecular formula is C12H15N3O3. The average molecular weight is 249 g/mol. The number of aromatic nitrogens is 1. The molecule has 1 aliphatic rings. The van der Waals surface area contributed by atoms with Crippen LogP contribution in [-0.2, 0) is 15.1 Å². The van der Waals surface area contributed by atoms with Gasteiger partial charge in [0.1, 0.15) is 0 Å². The summed E-state index contributed by atoms with van der Waals surface area (Å²) in [6.07, 6.45) is 1.56. The van der Waals surface area contributed by atoms with Gasteiger partial charge in [-0.15, -0.1) is 0 Å². The lowest BCUT2D eigenvalue weighted by Gasteiger charge is -2.39. The largest absolute Gasteiger partial charge is 0.480 e. The number of nitrogens with zero attached hydrogens (tertiary/aromatic N) is 2. The van der Waals surface area contributed by atoms with Crippen molar-refractivity contribution < 1.29 is 14.7 Å². The summed E-state index contributed by atoms with van der Waals surface area (Å²) in [5.74, 6) is -1.17. The lowest BCUT2D eigenvalue weighted by Crippen LogP contribution is -2.58. The van der Waals surface area contributed by atoms with E-state index in [9.17, 15) is 14.7 Å². The number of rotatable bonds is 3. The molecule has 1 amide bonds. The van der Waals surface area contributed by atoms with E-state index in [1.807, 2.05) is 0 Å². The second-order valence-corrected chi connectivity index (χ2v) is 4.36. The van der Waals surface area contributed by atoms with Gasteiger partial charge in [-0.25, -0.2) is 4.79 Å². The second kappa shape index (κ2) is 4.73. The monoisotopic (exact) mass is 249 g/mol. The summed E-state index contributed by atoms with van der Waals surface area (Å²) in [6, 6.07) is 5.14. The first-order chi connectivity index (χ1) is 8.55. The van der Waals surface area contributed by atoms with Gasteiger partial charge < -0.3 is 10.4 Å². The van der Waals surface area contributed by atoms with E-state index < -0.39 is 11.5 Å². The summed E-state index contributed by atoms with van der Waals surface area (Å²) >= 11 is 0. The van der Waals surface area contributed by atoms with Crippen LogP contribution in [0.5, 0.6) is 0 Å². The highest BCUT2D eigenvalue weighted by molar-refractivity contribution is 5.83. The van der Waals surface area contributed by atoms with Crippen LogP contribution in [0.4, 0.5) is 0 Å². The van der Waals surface area contributed by atoms with Crippen molar-refractivity contribution >= 4 is 11.9 Å². The van der Waals surface area contributed by atoms with Crippen molar-refractivity contribution in [3.63, 3.8) is 0 Å². The van der Waals surface area contributed by atoms with E-state index in [0.717, 1.165) is 0 Å². The van der Waals surface area contributed by atoms with Crippen molar-refractivity contribution in [1.82, 2.24) is 15.2 Å². The summed E-state index contributed by atoms with van der Waals surface area (Å²) in [4.78, 5) is 28.8. The summed E-state index contributed by atoms with van der Waals surface area (Å²) in [5, 5.41) is 12.2. The van der Waals surface area contributed by atoms with Crippen molar-refractivity contribution in [2.24, 2.45) is 0 Å². The van der Waals surface area contributed by atoms with Crippen LogP contribution in [-0.4, -0.2) is 46.5 Å². The minimum Gasteiger partial charge on any atom is -0.480 e. The number of carboxylic acids is 1. The van der Waals surface area contributed by atoms with Crippen LogP contribution in [0.25, 0.3) is 0 Å². The molecule has 1 aromatic heterocycles. The van der Waals surface area contributed by atoms with Crippen molar-refractivity contribution in [1.29, 1.82) is 0 Å². The number of pyridine rings is 1. The van der Waals surface area contributed by atoms with Crippen LogP contribution in [0.1, 0.15) is 12.6 Å². The van der Waals surface area contributed by atoms with Gasteiger partial charge in [0.15, 0.2) is 5.54 Å². The Labute approximate surface area is 105 Å². The maximum atomic E-state index is 11.6. The van der Waals surface area contributed by atoms with Crippen LogP contribution < -0.4 is 5.32 Å². The molecular weight excluding hydrogens is 234 g/mol. The Morgan fingerprint density at radius 3 is 2.89 bits per heavy atom. The first-order valence-electron chi connectivity index (χ1n) is 5.72. The Balaban J connectivity index is 2.38. The molecule has 1 fully saturated rings. The average Bonchev–Trinajstić information content (AvgIpc) is 2.38. The van der Waals surface area contributed by atoms with Gasteiger partial charge in [0.2, 0.25) is 5.91 Å². The molecule has 1 saturated heterocycles. The fourth-order valence-corrected chi connectivity index (χ4v) is 2.08. The maximum absolute atomic E-state index is 11.6. The number of carbonyl (C=O) groups excluding carboxylic acids is 1. The third-order valence-electron chi connectivity index (χ3n) is 3.25. The van der Waals surface area contributed by atoms with E-state index in [-0.39, 0.29) is 12.5 Å². The molecule has 2 rings (SSSR count). The van der Waals surface area contributed by atoms with Crippen LogP contribution in [0.3, 0.4) is 0 Å². The minimum atomic E-state index is -1.28. The molecule has 1 aliphatic heterocycles. The van der Waals surface area contributed by atoms with Gasteiger partial charge >= 0.3 is 5.97 Å². The normalized spacial score (nSPS) is 19.9. The molecule has 0 aromatic carbocycles. The first kappa shape index (κ1) is 12.5. The summed E-state index contributed by atoms with van der Waals surface area (Å²) in [5.41, 5.74) is -0.842. The number of amides is 1. The second-order valence-electron chi connectivity index (χ2n) is 4.36. The molecule has 0 bridgehead atoms. The SMILES string of the molecule is CC(C(=O)O)(c1ccccn1)N1CCNC(=O)C1. The fraction of sp³-hybridized carbons (Fsp3) is 0.417. The van der Waals surface area contributed by atoms with Crippen LogP contribution >= 0.6 is 0 Å². The zero-order chi connectivity index (χ0) is 13.2. The van der Waals surface area contributed by atoms with E-state index >= 15 is 0 Å². The quantitative estimate of drug-likeness (QED) is 0.776. The van der Waals surface area contributed by atoms with Crippen LogP contribution in [0, 0.1) is 0 Å². The number of aliphatic carboxylic acids is 1. The van der Waals surface area contributed by atoms with Crippen molar-refractivity contribution in [3.05, 3.63) is 30.1 Å². The molecule has 18 heavy (non-hydrogen) atoms. The maximum Gasteiger partial charge on any atom is 0.330 e. The minimum absolute atomic E-state index is 0.0688. The molecule has 0 saturated carbocycles. The highest BCUT2D eigenvalue weighted by Gasteiger charge is 2.44. The van der Waals surface area contributed by atoms with Crippen molar-refractivity contribution in [3.8, 4) is 0 Å². The van der Waals surface area contributed by atoms with E-state index in [0.29, 0.717) is 18.8 Å². The van der Waals surface area contributed by atoms with Crippen molar-refractivity contribution in [2.45, 2.75) is 12.5 Å². The molecule has 2 heterocycles. The first-order valence-corrected chi connectivity index (χ1v) is 5.72. The summed E-state index contributed by atoms with van der Waals surface area (Å²) in [6.45, 7) is 2.59. The standard InChI is InChI=1S/C12H15N3O3/c1-12(11(17)18,9-4-2-3-5-13-9)15-7-6-14-10(16)8-15/h2-5H,6-8H2,1H3,(H,14,16)(H,17,18). The van der Waals surface area contributed by atoms with E-state index in [4.69, 9.17) is 0 Å². The van der Waals surface area contributed by atoms with Crippen LogP contribution in [0.2, 0.25) is 0 Å². The Hall–Kier alpha value is -1.95. The van der Waals surface area contributed by atoms with Crippen molar-refractivity contribution in [2.75, 3.05) is 19.6 Å². The Bertz CT molecular complexity index is 463. The molecule has 1 unspecified atom stereocenters. The van der Waals surface area contributed by atoms with Gasteiger partial charge in [-0.05, 0) is 19.1 Å². The molecule has 2 N–H and O–H groups in total. The van der Waals surface area contributed by atoms with Gasteiger partial charge in [0.25, 0.3) is 0 Å². The van der Waals surface area contributed by atoms with Gasteiger partial charge in [0, 0.05) is 19.3 Å². The molecule has 0 aliphatic carbocycles. The predicted molar refractivity (Wildman–Crippen MR) is 63.8 cm³/mol. The molecule has 6 nitrogen and oxygen atoms in total. The molecule has 6 heteroatoms. The topological polar surface area (TPSA) is 82.5 Å². The number of hydrogen-bond acceptors (Lipinski definition) is 4.